The van der Waals surface area contributed by atoms with Crippen LogP contribution in [0.1, 0.15) is 43.0 Å². The normalized spacial score (nSPS) is 22.8. The molecule has 6 nitrogen and oxygen atoms in total. The quantitative estimate of drug-likeness (QED) is 0.866. The number of aromatic nitrogens is 2. The second-order valence-electron chi connectivity index (χ2n) is 6.55. The van der Waals surface area contributed by atoms with E-state index in [-0.39, 0.29) is 29.8 Å². The number of nitrogens with zero attached hydrogens (tertiary/aromatic N) is 2. The third-order valence-corrected chi connectivity index (χ3v) is 5.14. The van der Waals surface area contributed by atoms with Gasteiger partial charge in [-0.15, -0.1) is 12.4 Å². The van der Waals surface area contributed by atoms with Gasteiger partial charge in [-0.25, -0.2) is 0 Å². The Kier molecular flexibility index (Phi) is 6.06. The molecule has 1 aliphatic heterocycles. The molecule has 1 aromatic heterocycles. The van der Waals surface area contributed by atoms with E-state index in [1.54, 1.807) is 7.11 Å². The summed E-state index contributed by atoms with van der Waals surface area (Å²) in [7, 11) is 3.65. The fourth-order valence-corrected chi connectivity index (χ4v) is 3.79. The van der Waals surface area contributed by atoms with Crippen molar-refractivity contribution in [1.29, 1.82) is 0 Å². The molecule has 1 fully saturated rings. The lowest BCUT2D eigenvalue weighted by atomic mass is 9.78. The van der Waals surface area contributed by atoms with Crippen molar-refractivity contribution in [2.75, 3.05) is 26.8 Å². The number of halogens is 1. The Morgan fingerprint density at radius 3 is 2.96 bits per heavy atom. The number of amides is 1. The van der Waals surface area contributed by atoms with Gasteiger partial charge in [0.05, 0.1) is 24.3 Å². The molecular formula is C16H27ClN4O2. The van der Waals surface area contributed by atoms with Gasteiger partial charge in [0, 0.05) is 25.4 Å². The molecule has 1 saturated heterocycles. The smallest absolute Gasteiger partial charge is 0.229 e. The Balaban J connectivity index is 0.00000192. The number of piperidine rings is 1. The summed E-state index contributed by atoms with van der Waals surface area (Å²) < 4.78 is 7.30. The lowest BCUT2D eigenvalue weighted by Crippen LogP contribution is -2.51. The third kappa shape index (κ3) is 3.54. The predicted octanol–water partition coefficient (Wildman–Crippen LogP) is 1.35. The molecule has 23 heavy (non-hydrogen) atoms. The number of ether oxygens (including phenoxy) is 1. The first-order valence-electron chi connectivity index (χ1n) is 8.18. The highest BCUT2D eigenvalue weighted by atomic mass is 35.5. The average molecular weight is 343 g/mol. The molecule has 2 aliphatic rings. The van der Waals surface area contributed by atoms with Gasteiger partial charge in [0.15, 0.2) is 0 Å². The highest BCUT2D eigenvalue weighted by Crippen LogP contribution is 2.33. The molecule has 1 aromatic rings. The first-order chi connectivity index (χ1) is 10.7. The fourth-order valence-electron chi connectivity index (χ4n) is 3.79. The van der Waals surface area contributed by atoms with E-state index >= 15 is 0 Å². The average Bonchev–Trinajstić information content (AvgIpc) is 2.91. The van der Waals surface area contributed by atoms with Crippen LogP contribution in [0.3, 0.4) is 0 Å². The SMILES string of the molecule is COCC1(C(=O)NC2CCCc3c2cnn3C)CCNCC1.Cl. The van der Waals surface area contributed by atoms with Crippen LogP contribution in [0, 0.1) is 5.41 Å². The summed E-state index contributed by atoms with van der Waals surface area (Å²) in [5, 5.41) is 11.0. The van der Waals surface area contributed by atoms with Gasteiger partial charge in [0.1, 0.15) is 0 Å². The van der Waals surface area contributed by atoms with Crippen LogP contribution in [0.25, 0.3) is 0 Å². The van der Waals surface area contributed by atoms with Crippen molar-refractivity contribution in [2.24, 2.45) is 12.5 Å². The van der Waals surface area contributed by atoms with Crippen molar-refractivity contribution in [3.05, 3.63) is 17.5 Å². The number of aryl methyl sites for hydroxylation is 1. The zero-order chi connectivity index (χ0) is 15.6. The van der Waals surface area contributed by atoms with Crippen molar-refractivity contribution in [3.8, 4) is 0 Å². The number of fused-ring (bicyclic) bond motifs is 1. The lowest BCUT2D eigenvalue weighted by Gasteiger charge is -2.37. The van der Waals surface area contributed by atoms with Crippen LogP contribution in [0.15, 0.2) is 6.20 Å². The highest BCUT2D eigenvalue weighted by molar-refractivity contribution is 5.85. The van der Waals surface area contributed by atoms with E-state index in [0.29, 0.717) is 6.61 Å². The number of nitrogens with one attached hydrogen (secondary N) is 2. The molecule has 2 heterocycles. The van der Waals surface area contributed by atoms with Gasteiger partial charge >= 0.3 is 0 Å². The first-order valence-corrected chi connectivity index (χ1v) is 8.18. The van der Waals surface area contributed by atoms with E-state index in [9.17, 15) is 4.79 Å². The summed E-state index contributed by atoms with van der Waals surface area (Å²) in [5.41, 5.74) is 2.05. The molecule has 0 saturated carbocycles. The minimum Gasteiger partial charge on any atom is -0.384 e. The summed E-state index contributed by atoms with van der Waals surface area (Å²) in [6.07, 6.45) is 6.71. The summed E-state index contributed by atoms with van der Waals surface area (Å²) in [4.78, 5) is 12.9. The van der Waals surface area contributed by atoms with Gasteiger partial charge in [0.25, 0.3) is 0 Å². The molecule has 0 radical (unpaired) electrons. The van der Waals surface area contributed by atoms with Gasteiger partial charge in [0.2, 0.25) is 5.91 Å². The van der Waals surface area contributed by atoms with Crippen molar-refractivity contribution in [2.45, 2.75) is 38.1 Å². The van der Waals surface area contributed by atoms with E-state index in [1.807, 2.05) is 17.9 Å². The fraction of sp³-hybridized carbons (Fsp3) is 0.750. The largest absolute Gasteiger partial charge is 0.384 e. The maximum absolute atomic E-state index is 12.9. The van der Waals surface area contributed by atoms with Crippen LogP contribution in [-0.4, -0.2) is 42.5 Å². The number of hydrogen-bond donors (Lipinski definition) is 2. The topological polar surface area (TPSA) is 68.2 Å². The Morgan fingerprint density at radius 2 is 2.26 bits per heavy atom. The zero-order valence-corrected chi connectivity index (χ0v) is 14.7. The maximum Gasteiger partial charge on any atom is 0.229 e. The van der Waals surface area contributed by atoms with Gasteiger partial charge in [-0.3, -0.25) is 9.48 Å². The second kappa shape index (κ2) is 7.64. The lowest BCUT2D eigenvalue weighted by molar-refractivity contribution is -0.137. The molecule has 2 N–H and O–H groups in total. The summed E-state index contributed by atoms with van der Waals surface area (Å²) in [6, 6.07) is 0.0913. The van der Waals surface area contributed by atoms with E-state index in [4.69, 9.17) is 4.74 Å². The van der Waals surface area contributed by atoms with Crippen LogP contribution in [0.4, 0.5) is 0 Å². The molecule has 1 aliphatic carbocycles. The highest BCUT2D eigenvalue weighted by Gasteiger charge is 2.41. The number of carbonyl (C=O) groups excluding carboxylic acids is 1. The van der Waals surface area contributed by atoms with Crippen LogP contribution < -0.4 is 10.6 Å². The second-order valence-corrected chi connectivity index (χ2v) is 6.55. The van der Waals surface area contributed by atoms with Crippen LogP contribution in [0.2, 0.25) is 0 Å². The Bertz CT molecular complexity index is 535. The number of methoxy groups -OCH3 is 1. The Labute approximate surface area is 143 Å². The molecule has 1 amide bonds. The number of rotatable bonds is 4. The van der Waals surface area contributed by atoms with Crippen LogP contribution >= 0.6 is 12.4 Å². The zero-order valence-electron chi connectivity index (χ0n) is 13.9. The van der Waals surface area contributed by atoms with E-state index in [1.165, 1.54) is 11.3 Å². The molecule has 1 unspecified atom stereocenters. The summed E-state index contributed by atoms with van der Waals surface area (Å²) in [6.45, 7) is 2.24. The minimum atomic E-state index is -0.389. The van der Waals surface area contributed by atoms with E-state index in [0.717, 1.165) is 45.2 Å². The molecule has 3 rings (SSSR count). The molecule has 1 atom stereocenters. The van der Waals surface area contributed by atoms with Crippen LogP contribution in [0.5, 0.6) is 0 Å². The number of hydrogen-bond acceptors (Lipinski definition) is 4. The van der Waals surface area contributed by atoms with E-state index in [2.05, 4.69) is 15.7 Å². The Hall–Kier alpha value is -1.11. The van der Waals surface area contributed by atoms with Crippen molar-refractivity contribution in [3.63, 3.8) is 0 Å². The molecule has 0 bridgehead atoms. The molecule has 0 aromatic carbocycles. The molecule has 0 spiro atoms. The molecule has 130 valence electrons. The Morgan fingerprint density at radius 1 is 1.52 bits per heavy atom. The van der Waals surface area contributed by atoms with Gasteiger partial charge < -0.3 is 15.4 Å². The van der Waals surface area contributed by atoms with Crippen LogP contribution in [-0.2, 0) is 23.0 Å². The number of carbonyl (C=O) groups is 1. The van der Waals surface area contributed by atoms with Gasteiger partial charge in [-0.1, -0.05) is 0 Å². The standard InChI is InChI=1S/C16H26N4O2.ClH/c1-20-14-5-3-4-13(12(14)10-18-20)19-15(21)16(11-22-2)6-8-17-9-7-16;/h10,13,17H,3-9,11H2,1-2H3,(H,19,21);1H. The molecular weight excluding hydrogens is 316 g/mol. The maximum atomic E-state index is 12.9. The van der Waals surface area contributed by atoms with Crippen molar-refractivity contribution >= 4 is 18.3 Å². The van der Waals surface area contributed by atoms with Gasteiger partial charge in [-0.05, 0) is 45.2 Å². The first kappa shape index (κ1) is 18.2. The minimum absolute atomic E-state index is 0. The molecule has 7 heteroatoms. The monoisotopic (exact) mass is 342 g/mol. The van der Waals surface area contributed by atoms with Crippen molar-refractivity contribution in [1.82, 2.24) is 20.4 Å². The van der Waals surface area contributed by atoms with Crippen molar-refractivity contribution < 1.29 is 9.53 Å². The third-order valence-electron chi connectivity index (χ3n) is 5.14. The van der Waals surface area contributed by atoms with E-state index < -0.39 is 0 Å². The predicted molar refractivity (Wildman–Crippen MR) is 90.7 cm³/mol. The van der Waals surface area contributed by atoms with Gasteiger partial charge in [-0.2, -0.15) is 5.10 Å². The summed E-state index contributed by atoms with van der Waals surface area (Å²) >= 11 is 0. The summed E-state index contributed by atoms with van der Waals surface area (Å²) in [5.74, 6) is 0.137.